The van der Waals surface area contributed by atoms with Crippen LogP contribution in [0.5, 0.6) is 0 Å². The van der Waals surface area contributed by atoms with E-state index in [9.17, 15) is 0 Å². The van der Waals surface area contributed by atoms with Crippen molar-refractivity contribution in [3.05, 3.63) is 176 Å². The number of fused-ring (bicyclic) bond motifs is 13. The highest BCUT2D eigenvalue weighted by molar-refractivity contribution is 6.38. The average Bonchev–Trinajstić information content (AvgIpc) is 3.74. The molecule has 2 heteroatoms. The average molecular weight is 636 g/mol. The zero-order valence-corrected chi connectivity index (χ0v) is 27.1. The lowest BCUT2D eigenvalue weighted by atomic mass is 9.88. The summed E-state index contributed by atoms with van der Waals surface area (Å²) in [6.07, 6.45) is 0. The van der Waals surface area contributed by atoms with Gasteiger partial charge in [-0.1, -0.05) is 133 Å². The Morgan fingerprint density at radius 3 is 1.76 bits per heavy atom. The smallest absolute Gasteiger partial charge is 0.135 e. The van der Waals surface area contributed by atoms with E-state index in [2.05, 4.69) is 168 Å². The minimum absolute atomic E-state index is 0.914. The standard InChI is InChI=1S/C48H29NO/c1-2-12-30(13-3-1)31-22-25-33(26-23-31)49-43-20-10-8-19-39(43)47-46-37-17-6-4-14-34(37)40(29-42(46)35-15-5-7-18-38(35)48(47)49)32-24-27-45-41(28-32)36-16-9-11-21-44(36)50-45/h1-29H. The summed E-state index contributed by atoms with van der Waals surface area (Å²) in [7, 11) is 0. The third-order valence-electron chi connectivity index (χ3n) is 10.6. The summed E-state index contributed by atoms with van der Waals surface area (Å²) in [5.74, 6) is 0. The molecular formula is C48H29NO. The number of para-hydroxylation sites is 2. The Morgan fingerprint density at radius 2 is 0.940 bits per heavy atom. The second kappa shape index (κ2) is 10.4. The van der Waals surface area contributed by atoms with Gasteiger partial charge in [-0.25, -0.2) is 0 Å². The largest absolute Gasteiger partial charge is 0.456 e. The monoisotopic (exact) mass is 635 g/mol. The SMILES string of the molecule is c1ccc(-c2ccc(-n3c4ccccc4c4c5c6ccccc6c(-c6ccc7oc8ccccc8c7c6)cc5c5ccccc5c43)cc2)cc1. The number of furan rings is 1. The first-order valence-corrected chi connectivity index (χ1v) is 17.2. The molecule has 2 nitrogen and oxygen atoms in total. The molecule has 0 bridgehead atoms. The molecule has 0 radical (unpaired) electrons. The predicted octanol–water partition coefficient (Wildman–Crippen LogP) is 13.5. The fourth-order valence-electron chi connectivity index (χ4n) is 8.36. The third-order valence-corrected chi connectivity index (χ3v) is 10.6. The highest BCUT2D eigenvalue weighted by Crippen LogP contribution is 2.47. The molecule has 11 aromatic rings. The van der Waals surface area contributed by atoms with E-state index >= 15 is 0 Å². The van der Waals surface area contributed by atoms with Crippen LogP contribution in [-0.2, 0) is 0 Å². The molecule has 0 unspecified atom stereocenters. The van der Waals surface area contributed by atoms with Gasteiger partial charge in [0.25, 0.3) is 0 Å². The minimum Gasteiger partial charge on any atom is -0.456 e. The quantitative estimate of drug-likeness (QED) is 0.177. The maximum Gasteiger partial charge on any atom is 0.135 e. The lowest BCUT2D eigenvalue weighted by molar-refractivity contribution is 0.669. The van der Waals surface area contributed by atoms with Crippen molar-refractivity contribution in [1.82, 2.24) is 4.57 Å². The van der Waals surface area contributed by atoms with Crippen LogP contribution in [0.15, 0.2) is 180 Å². The van der Waals surface area contributed by atoms with E-state index in [0.29, 0.717) is 0 Å². The van der Waals surface area contributed by atoms with E-state index in [1.54, 1.807) is 0 Å². The molecule has 2 aromatic heterocycles. The van der Waals surface area contributed by atoms with Gasteiger partial charge in [-0.05, 0) is 86.3 Å². The van der Waals surface area contributed by atoms with Gasteiger partial charge >= 0.3 is 0 Å². The molecule has 0 spiro atoms. The summed E-state index contributed by atoms with van der Waals surface area (Å²) in [6.45, 7) is 0. The summed E-state index contributed by atoms with van der Waals surface area (Å²) in [5, 5.41) is 12.4. The Hall–Kier alpha value is -6.64. The Bertz CT molecular complexity index is 3130. The molecule has 50 heavy (non-hydrogen) atoms. The fourth-order valence-corrected chi connectivity index (χ4v) is 8.36. The van der Waals surface area contributed by atoms with Gasteiger partial charge in [0.2, 0.25) is 0 Å². The molecule has 0 amide bonds. The summed E-state index contributed by atoms with van der Waals surface area (Å²) >= 11 is 0. The molecule has 0 aliphatic heterocycles. The molecule has 0 atom stereocenters. The van der Waals surface area contributed by atoms with Gasteiger partial charge in [0.1, 0.15) is 11.2 Å². The number of benzene rings is 9. The van der Waals surface area contributed by atoms with Crippen LogP contribution in [0.25, 0.3) is 104 Å². The molecule has 0 fully saturated rings. The molecule has 232 valence electrons. The van der Waals surface area contributed by atoms with Crippen LogP contribution in [0.3, 0.4) is 0 Å². The summed E-state index contributed by atoms with van der Waals surface area (Å²) in [6, 6.07) is 63.8. The first-order chi connectivity index (χ1) is 24.8. The molecule has 0 saturated heterocycles. The van der Waals surface area contributed by atoms with E-state index < -0.39 is 0 Å². The number of hydrogen-bond donors (Lipinski definition) is 0. The fraction of sp³-hybridized carbons (Fsp3) is 0. The Labute approximate surface area is 288 Å². The van der Waals surface area contributed by atoms with Crippen LogP contribution in [0.1, 0.15) is 0 Å². The molecule has 0 N–H and O–H groups in total. The molecule has 11 rings (SSSR count). The first kappa shape index (κ1) is 27.3. The molecular weight excluding hydrogens is 607 g/mol. The van der Waals surface area contributed by atoms with Crippen LogP contribution in [-0.4, -0.2) is 4.57 Å². The summed E-state index contributed by atoms with van der Waals surface area (Å²) in [5.41, 5.74) is 10.3. The molecule has 0 saturated carbocycles. The molecule has 9 aromatic carbocycles. The van der Waals surface area contributed by atoms with Crippen LogP contribution < -0.4 is 0 Å². The van der Waals surface area contributed by atoms with Gasteiger partial charge < -0.3 is 8.98 Å². The van der Waals surface area contributed by atoms with E-state index in [1.165, 1.54) is 76.4 Å². The first-order valence-electron chi connectivity index (χ1n) is 17.2. The number of nitrogens with zero attached hydrogens (tertiary/aromatic N) is 1. The summed E-state index contributed by atoms with van der Waals surface area (Å²) in [4.78, 5) is 0. The zero-order chi connectivity index (χ0) is 32.8. The van der Waals surface area contributed by atoms with E-state index in [4.69, 9.17) is 4.42 Å². The van der Waals surface area contributed by atoms with Crippen molar-refractivity contribution in [2.45, 2.75) is 0 Å². The lowest BCUT2D eigenvalue weighted by Crippen LogP contribution is -1.95. The Kier molecular flexibility index (Phi) is 5.70. The molecule has 0 aliphatic rings. The molecule has 0 aliphatic carbocycles. The maximum atomic E-state index is 6.21. The Balaban J connectivity index is 1.26. The van der Waals surface area contributed by atoms with Crippen LogP contribution in [0.4, 0.5) is 0 Å². The number of aromatic nitrogens is 1. The normalized spacial score (nSPS) is 12.0. The highest BCUT2D eigenvalue weighted by atomic mass is 16.3. The van der Waals surface area contributed by atoms with Crippen molar-refractivity contribution >= 4 is 76.1 Å². The summed E-state index contributed by atoms with van der Waals surface area (Å²) < 4.78 is 8.69. The highest BCUT2D eigenvalue weighted by Gasteiger charge is 2.22. The lowest BCUT2D eigenvalue weighted by Gasteiger charge is -2.16. The number of hydrogen-bond acceptors (Lipinski definition) is 1. The van der Waals surface area contributed by atoms with Gasteiger partial charge in [-0.3, -0.25) is 0 Å². The second-order valence-electron chi connectivity index (χ2n) is 13.2. The van der Waals surface area contributed by atoms with E-state index in [0.717, 1.165) is 27.6 Å². The van der Waals surface area contributed by atoms with Gasteiger partial charge in [-0.15, -0.1) is 0 Å². The zero-order valence-electron chi connectivity index (χ0n) is 27.1. The van der Waals surface area contributed by atoms with Crippen molar-refractivity contribution in [3.63, 3.8) is 0 Å². The van der Waals surface area contributed by atoms with Crippen molar-refractivity contribution in [3.8, 4) is 27.9 Å². The Morgan fingerprint density at radius 1 is 0.340 bits per heavy atom. The van der Waals surface area contributed by atoms with Crippen molar-refractivity contribution in [2.24, 2.45) is 0 Å². The number of rotatable bonds is 3. The van der Waals surface area contributed by atoms with Gasteiger partial charge in [0.15, 0.2) is 0 Å². The van der Waals surface area contributed by atoms with Crippen LogP contribution in [0.2, 0.25) is 0 Å². The van der Waals surface area contributed by atoms with Crippen LogP contribution in [0, 0.1) is 0 Å². The van der Waals surface area contributed by atoms with Gasteiger partial charge in [0.05, 0.1) is 11.0 Å². The van der Waals surface area contributed by atoms with Crippen molar-refractivity contribution in [2.75, 3.05) is 0 Å². The second-order valence-corrected chi connectivity index (χ2v) is 13.2. The predicted molar refractivity (Wildman–Crippen MR) is 211 cm³/mol. The minimum atomic E-state index is 0.914. The van der Waals surface area contributed by atoms with Gasteiger partial charge in [-0.2, -0.15) is 0 Å². The van der Waals surface area contributed by atoms with Crippen molar-refractivity contribution < 1.29 is 4.42 Å². The van der Waals surface area contributed by atoms with Crippen LogP contribution >= 0.6 is 0 Å². The third kappa shape index (κ3) is 3.85. The van der Waals surface area contributed by atoms with E-state index in [-0.39, 0.29) is 0 Å². The van der Waals surface area contributed by atoms with Crippen molar-refractivity contribution in [1.29, 1.82) is 0 Å². The molecule has 2 heterocycles. The maximum absolute atomic E-state index is 6.21. The van der Waals surface area contributed by atoms with E-state index in [1.807, 2.05) is 12.1 Å². The topological polar surface area (TPSA) is 18.1 Å². The van der Waals surface area contributed by atoms with Gasteiger partial charge in [0, 0.05) is 38.0 Å².